The second-order valence-electron chi connectivity index (χ2n) is 3.84. The lowest BCUT2D eigenvalue weighted by molar-refractivity contribution is 0.0944. The van der Waals surface area contributed by atoms with Gasteiger partial charge in [0.1, 0.15) is 10.7 Å². The molecule has 5 nitrogen and oxygen atoms in total. The lowest BCUT2D eigenvalue weighted by Gasteiger charge is -2.12. The van der Waals surface area contributed by atoms with Crippen molar-refractivity contribution < 1.29 is 4.79 Å². The van der Waals surface area contributed by atoms with E-state index in [0.29, 0.717) is 10.0 Å². The maximum Gasteiger partial charge on any atom is 0.265 e. The van der Waals surface area contributed by atoms with Crippen LogP contribution in [-0.2, 0) is 0 Å². The molecule has 1 amide bonds. The van der Waals surface area contributed by atoms with Crippen LogP contribution in [-0.4, -0.2) is 35.5 Å². The van der Waals surface area contributed by atoms with Gasteiger partial charge in [0.25, 0.3) is 5.91 Å². The number of thioether (sulfide) groups is 1. The van der Waals surface area contributed by atoms with E-state index in [9.17, 15) is 4.79 Å². The third-order valence-corrected chi connectivity index (χ3v) is 4.37. The van der Waals surface area contributed by atoms with Crippen molar-refractivity contribution in [3.8, 4) is 0 Å². The zero-order valence-electron chi connectivity index (χ0n) is 10.9. The van der Waals surface area contributed by atoms with Gasteiger partial charge in [0.2, 0.25) is 0 Å². The van der Waals surface area contributed by atoms with Gasteiger partial charge in [-0.15, -0.1) is 0 Å². The molecule has 102 valence electrons. The number of nitrogens with zero attached hydrogens (tertiary/aromatic N) is 1. The van der Waals surface area contributed by atoms with E-state index in [-0.39, 0.29) is 17.8 Å². The minimum absolute atomic E-state index is 0.138. The summed E-state index contributed by atoms with van der Waals surface area (Å²) < 4.78 is 0. The van der Waals surface area contributed by atoms with Crippen LogP contribution in [0.15, 0.2) is 0 Å². The fourth-order valence-electron chi connectivity index (χ4n) is 1.37. The van der Waals surface area contributed by atoms with Crippen molar-refractivity contribution in [3.63, 3.8) is 0 Å². The number of rotatable bonds is 7. The van der Waals surface area contributed by atoms with E-state index >= 15 is 0 Å². The van der Waals surface area contributed by atoms with Crippen molar-refractivity contribution >= 4 is 40.0 Å². The van der Waals surface area contributed by atoms with E-state index in [1.54, 1.807) is 7.05 Å². The third-order valence-electron chi connectivity index (χ3n) is 2.35. The van der Waals surface area contributed by atoms with E-state index in [4.69, 9.17) is 5.73 Å². The molecule has 1 rings (SSSR count). The van der Waals surface area contributed by atoms with Crippen molar-refractivity contribution in [2.45, 2.75) is 26.3 Å². The van der Waals surface area contributed by atoms with Crippen LogP contribution in [0.5, 0.6) is 0 Å². The first-order valence-electron chi connectivity index (χ1n) is 5.91. The molecular weight excluding hydrogens is 268 g/mol. The molecule has 0 bridgehead atoms. The Kier molecular flexibility index (Phi) is 6.28. The van der Waals surface area contributed by atoms with Crippen LogP contribution >= 0.6 is 23.1 Å². The number of amides is 1. The van der Waals surface area contributed by atoms with Gasteiger partial charge in [0, 0.05) is 13.1 Å². The second kappa shape index (κ2) is 7.48. The SMILES string of the molecule is CCSCCC(C)NC(=O)c1sc(NC)nc1N. The van der Waals surface area contributed by atoms with Gasteiger partial charge in [-0.1, -0.05) is 18.3 Å². The van der Waals surface area contributed by atoms with Gasteiger partial charge in [0.15, 0.2) is 5.13 Å². The fraction of sp³-hybridized carbons (Fsp3) is 0.636. The molecule has 0 aliphatic carbocycles. The highest BCUT2D eigenvalue weighted by molar-refractivity contribution is 7.99. The second-order valence-corrected chi connectivity index (χ2v) is 6.24. The average molecular weight is 288 g/mol. The molecule has 1 unspecified atom stereocenters. The maximum absolute atomic E-state index is 12.0. The number of nitrogens with two attached hydrogens (primary N) is 1. The minimum Gasteiger partial charge on any atom is -0.382 e. The maximum atomic E-state index is 12.0. The summed E-state index contributed by atoms with van der Waals surface area (Å²) in [5.74, 6) is 2.31. The van der Waals surface area contributed by atoms with Gasteiger partial charge in [-0.2, -0.15) is 11.8 Å². The Bertz CT molecular complexity index is 394. The van der Waals surface area contributed by atoms with Gasteiger partial charge < -0.3 is 16.4 Å². The topological polar surface area (TPSA) is 80.0 Å². The smallest absolute Gasteiger partial charge is 0.265 e. The first kappa shape index (κ1) is 15.1. The Balaban J connectivity index is 2.51. The largest absolute Gasteiger partial charge is 0.382 e. The summed E-state index contributed by atoms with van der Waals surface area (Å²) in [5, 5.41) is 6.49. The fourth-order valence-corrected chi connectivity index (χ4v) is 2.92. The molecule has 0 spiro atoms. The Labute approximate surface area is 116 Å². The molecule has 0 fully saturated rings. The van der Waals surface area contributed by atoms with Crippen LogP contribution in [0.25, 0.3) is 0 Å². The monoisotopic (exact) mass is 288 g/mol. The molecule has 0 radical (unpaired) electrons. The van der Waals surface area contributed by atoms with Gasteiger partial charge in [-0.05, 0) is 24.9 Å². The molecule has 0 aliphatic heterocycles. The number of thiazole rings is 1. The highest BCUT2D eigenvalue weighted by atomic mass is 32.2. The number of aromatic nitrogens is 1. The predicted octanol–water partition coefficient (Wildman–Crippen LogP) is 2.03. The number of nitrogens with one attached hydrogen (secondary N) is 2. The van der Waals surface area contributed by atoms with Crippen LogP contribution < -0.4 is 16.4 Å². The van der Waals surface area contributed by atoms with Crippen molar-refractivity contribution in [1.29, 1.82) is 0 Å². The van der Waals surface area contributed by atoms with Crippen molar-refractivity contribution in [1.82, 2.24) is 10.3 Å². The quantitative estimate of drug-likeness (QED) is 0.669. The van der Waals surface area contributed by atoms with Crippen LogP contribution in [0.1, 0.15) is 29.9 Å². The Morgan fingerprint density at radius 1 is 1.61 bits per heavy atom. The summed E-state index contributed by atoms with van der Waals surface area (Å²) in [5.41, 5.74) is 5.71. The zero-order chi connectivity index (χ0) is 13.5. The molecule has 1 aromatic heterocycles. The molecule has 1 atom stereocenters. The van der Waals surface area contributed by atoms with E-state index in [0.717, 1.165) is 17.9 Å². The Hall–Kier alpha value is -0.950. The van der Waals surface area contributed by atoms with Crippen LogP contribution in [0.4, 0.5) is 10.9 Å². The first-order chi connectivity index (χ1) is 8.58. The number of hydrogen-bond donors (Lipinski definition) is 3. The van der Waals surface area contributed by atoms with Crippen LogP contribution in [0, 0.1) is 0 Å². The highest BCUT2D eigenvalue weighted by Crippen LogP contribution is 2.24. The van der Waals surface area contributed by atoms with Gasteiger partial charge in [0.05, 0.1) is 0 Å². The molecule has 18 heavy (non-hydrogen) atoms. The molecule has 0 aliphatic rings. The third kappa shape index (κ3) is 4.38. The van der Waals surface area contributed by atoms with E-state index in [1.807, 2.05) is 18.7 Å². The van der Waals surface area contributed by atoms with Crippen LogP contribution in [0.2, 0.25) is 0 Å². The highest BCUT2D eigenvalue weighted by Gasteiger charge is 2.17. The summed E-state index contributed by atoms with van der Waals surface area (Å²) in [7, 11) is 1.75. The number of carbonyl (C=O) groups is 1. The number of carbonyl (C=O) groups excluding carboxylic acids is 1. The zero-order valence-corrected chi connectivity index (χ0v) is 12.6. The molecule has 7 heteroatoms. The van der Waals surface area contributed by atoms with Crippen molar-refractivity contribution in [3.05, 3.63) is 4.88 Å². The summed E-state index contributed by atoms with van der Waals surface area (Å²) in [6.07, 6.45) is 0.960. The van der Waals surface area contributed by atoms with E-state index in [2.05, 4.69) is 22.5 Å². The molecule has 1 aromatic rings. The molecule has 4 N–H and O–H groups in total. The van der Waals surface area contributed by atoms with Crippen molar-refractivity contribution in [2.75, 3.05) is 29.6 Å². The van der Waals surface area contributed by atoms with Crippen molar-refractivity contribution in [2.24, 2.45) is 0 Å². The Morgan fingerprint density at radius 3 is 2.89 bits per heavy atom. The van der Waals surface area contributed by atoms with E-state index in [1.165, 1.54) is 11.3 Å². The molecule has 0 saturated carbocycles. The van der Waals surface area contributed by atoms with Gasteiger partial charge in [-0.25, -0.2) is 4.98 Å². The van der Waals surface area contributed by atoms with Crippen LogP contribution in [0.3, 0.4) is 0 Å². The lowest BCUT2D eigenvalue weighted by atomic mass is 10.2. The summed E-state index contributed by atoms with van der Waals surface area (Å²) in [4.78, 5) is 16.5. The first-order valence-corrected chi connectivity index (χ1v) is 7.88. The minimum atomic E-state index is -0.138. The molecule has 0 saturated heterocycles. The number of nitrogen functional groups attached to an aromatic ring is 1. The Morgan fingerprint density at radius 2 is 2.33 bits per heavy atom. The van der Waals surface area contributed by atoms with Gasteiger partial charge >= 0.3 is 0 Å². The van der Waals surface area contributed by atoms with E-state index < -0.39 is 0 Å². The number of anilines is 2. The molecule has 1 heterocycles. The predicted molar refractivity (Wildman–Crippen MR) is 80.6 cm³/mol. The summed E-state index contributed by atoms with van der Waals surface area (Å²) in [6.45, 7) is 4.13. The summed E-state index contributed by atoms with van der Waals surface area (Å²) in [6, 6.07) is 0.149. The molecular formula is C11H20N4OS2. The lowest BCUT2D eigenvalue weighted by Crippen LogP contribution is -2.32. The normalized spacial score (nSPS) is 12.2. The standard InChI is InChI=1S/C11H20N4OS2/c1-4-17-6-5-7(2)14-10(16)8-9(12)15-11(13-3)18-8/h7H,4-6,12H2,1-3H3,(H,13,15)(H,14,16). The summed E-state index contributed by atoms with van der Waals surface area (Å²) >= 11 is 3.15. The number of hydrogen-bond acceptors (Lipinski definition) is 6. The average Bonchev–Trinajstić information content (AvgIpc) is 2.71. The molecule has 0 aromatic carbocycles. The van der Waals surface area contributed by atoms with Gasteiger partial charge in [-0.3, -0.25) is 4.79 Å².